The summed E-state index contributed by atoms with van der Waals surface area (Å²) < 4.78 is 7.65. The molecule has 33 heavy (non-hydrogen) atoms. The van der Waals surface area contributed by atoms with Crippen LogP contribution in [0.2, 0.25) is 0 Å². The number of thiocarbonyl (C=S) groups is 1. The Balaban J connectivity index is 1.44. The van der Waals surface area contributed by atoms with Crippen LogP contribution in [0.15, 0.2) is 67.0 Å². The first-order chi connectivity index (χ1) is 16.2. The number of hydrogen-bond donors (Lipinski definition) is 2. The molecule has 2 aliphatic rings. The second-order valence-corrected chi connectivity index (χ2v) is 8.83. The molecule has 0 saturated carbocycles. The van der Waals surface area contributed by atoms with Gasteiger partial charge in [-0.05, 0) is 67.2 Å². The van der Waals surface area contributed by atoms with Crippen LogP contribution in [0.1, 0.15) is 29.9 Å². The van der Waals surface area contributed by atoms with Gasteiger partial charge in [-0.3, -0.25) is 9.88 Å². The summed E-state index contributed by atoms with van der Waals surface area (Å²) in [6.07, 6.45) is 4.91. The Labute approximate surface area is 199 Å². The summed E-state index contributed by atoms with van der Waals surface area (Å²) in [5.74, 6) is 0.257. The van der Waals surface area contributed by atoms with Gasteiger partial charge >= 0.3 is 0 Å². The van der Waals surface area contributed by atoms with Crippen LogP contribution in [0.3, 0.4) is 0 Å². The number of phenolic OH excluding ortho intramolecular Hbond substituents is 1. The molecule has 0 aliphatic carbocycles. The third-order valence-corrected chi connectivity index (χ3v) is 6.74. The molecule has 2 N–H and O–H groups in total. The van der Waals surface area contributed by atoms with Crippen molar-refractivity contribution < 1.29 is 9.84 Å². The van der Waals surface area contributed by atoms with Crippen LogP contribution in [0.4, 0.5) is 0 Å². The lowest BCUT2D eigenvalue weighted by molar-refractivity contribution is 0.0365. The van der Waals surface area contributed by atoms with Crippen molar-refractivity contribution in [1.29, 1.82) is 0 Å². The number of aromatic hydroxyl groups is 1. The van der Waals surface area contributed by atoms with Gasteiger partial charge in [-0.1, -0.05) is 6.07 Å². The van der Waals surface area contributed by atoms with Crippen LogP contribution in [-0.4, -0.2) is 69.0 Å². The van der Waals surface area contributed by atoms with Crippen LogP contribution in [0.5, 0.6) is 5.75 Å². The molecule has 2 fully saturated rings. The number of nitrogens with zero attached hydrogens (tertiary/aromatic N) is 4. The predicted octanol–water partition coefficient (Wildman–Crippen LogP) is 3.27. The summed E-state index contributed by atoms with van der Waals surface area (Å²) >= 11 is 5.83. The molecule has 0 unspecified atom stereocenters. The number of pyridine rings is 1. The SMILES string of the molecule is Oc1ccc(-n2cccc2[C@H]2[C@@H](c3ccccn3)NC(=S)N2CCCN2CCOCC2)cc1. The van der Waals surface area contributed by atoms with E-state index >= 15 is 0 Å². The molecular weight excluding hydrogens is 434 g/mol. The number of morpholine rings is 1. The molecule has 0 radical (unpaired) electrons. The summed E-state index contributed by atoms with van der Waals surface area (Å²) in [4.78, 5) is 9.41. The van der Waals surface area contributed by atoms with Gasteiger partial charge in [0.2, 0.25) is 0 Å². The van der Waals surface area contributed by atoms with E-state index in [-0.39, 0.29) is 17.8 Å². The van der Waals surface area contributed by atoms with Crippen molar-refractivity contribution in [3.05, 3.63) is 78.4 Å². The lowest BCUT2D eigenvalue weighted by Crippen LogP contribution is -2.39. The fourth-order valence-electron chi connectivity index (χ4n) is 4.74. The number of hydrogen-bond acceptors (Lipinski definition) is 5. The minimum Gasteiger partial charge on any atom is -0.508 e. The molecule has 172 valence electrons. The van der Waals surface area contributed by atoms with Gasteiger partial charge in [0, 0.05) is 50.0 Å². The van der Waals surface area contributed by atoms with Gasteiger partial charge in [0.15, 0.2) is 5.11 Å². The van der Waals surface area contributed by atoms with Crippen LogP contribution >= 0.6 is 12.2 Å². The summed E-state index contributed by atoms with van der Waals surface area (Å²) in [5, 5.41) is 14.0. The molecule has 2 aromatic heterocycles. The normalized spacial score (nSPS) is 21.3. The first-order valence-electron chi connectivity index (χ1n) is 11.5. The topological polar surface area (TPSA) is 65.8 Å². The summed E-state index contributed by atoms with van der Waals surface area (Å²) in [5.41, 5.74) is 3.10. The smallest absolute Gasteiger partial charge is 0.170 e. The molecule has 7 nitrogen and oxygen atoms in total. The van der Waals surface area contributed by atoms with Crippen LogP contribution < -0.4 is 5.32 Å². The molecule has 2 saturated heterocycles. The Morgan fingerprint density at radius 3 is 2.61 bits per heavy atom. The quantitative estimate of drug-likeness (QED) is 0.522. The van der Waals surface area contributed by atoms with E-state index < -0.39 is 0 Å². The Morgan fingerprint density at radius 2 is 1.85 bits per heavy atom. The van der Waals surface area contributed by atoms with Crippen molar-refractivity contribution in [3.8, 4) is 11.4 Å². The van der Waals surface area contributed by atoms with Crippen LogP contribution in [0, 0.1) is 0 Å². The monoisotopic (exact) mass is 463 g/mol. The molecule has 0 amide bonds. The molecule has 3 aromatic rings. The highest BCUT2D eigenvalue weighted by atomic mass is 32.1. The highest BCUT2D eigenvalue weighted by molar-refractivity contribution is 7.80. The number of benzene rings is 1. The first-order valence-corrected chi connectivity index (χ1v) is 11.9. The first kappa shape index (κ1) is 21.9. The molecule has 2 aliphatic heterocycles. The molecule has 5 rings (SSSR count). The van der Waals surface area contributed by atoms with Crippen LogP contribution in [-0.2, 0) is 4.74 Å². The Morgan fingerprint density at radius 1 is 1.03 bits per heavy atom. The number of aromatic nitrogens is 2. The number of phenols is 1. The van der Waals surface area contributed by atoms with Crippen LogP contribution in [0.25, 0.3) is 5.69 Å². The fraction of sp³-hybridized carbons (Fsp3) is 0.360. The molecule has 0 spiro atoms. The van der Waals surface area contributed by atoms with E-state index in [1.54, 1.807) is 12.1 Å². The van der Waals surface area contributed by atoms with E-state index in [1.165, 1.54) is 0 Å². The fourth-order valence-corrected chi connectivity index (χ4v) is 5.07. The maximum absolute atomic E-state index is 9.74. The molecule has 2 atom stereocenters. The van der Waals surface area contributed by atoms with E-state index in [9.17, 15) is 5.11 Å². The lowest BCUT2D eigenvalue weighted by atomic mass is 10.0. The van der Waals surface area contributed by atoms with E-state index in [0.29, 0.717) is 0 Å². The average Bonchev–Trinajstić information content (AvgIpc) is 3.45. The highest BCUT2D eigenvalue weighted by Gasteiger charge is 2.41. The van der Waals surface area contributed by atoms with Crippen molar-refractivity contribution in [1.82, 2.24) is 24.7 Å². The zero-order chi connectivity index (χ0) is 22.6. The van der Waals surface area contributed by atoms with Crippen molar-refractivity contribution in [2.45, 2.75) is 18.5 Å². The maximum Gasteiger partial charge on any atom is 0.170 e. The van der Waals surface area contributed by atoms with Gasteiger partial charge in [-0.15, -0.1) is 0 Å². The number of nitrogens with one attached hydrogen (secondary N) is 1. The van der Waals surface area contributed by atoms with Gasteiger partial charge in [-0.2, -0.15) is 0 Å². The second-order valence-electron chi connectivity index (χ2n) is 8.45. The zero-order valence-corrected chi connectivity index (χ0v) is 19.3. The third-order valence-electron chi connectivity index (χ3n) is 6.39. The van der Waals surface area contributed by atoms with E-state index in [0.717, 1.165) is 68.0 Å². The lowest BCUT2D eigenvalue weighted by Gasteiger charge is -2.31. The van der Waals surface area contributed by atoms with E-state index in [4.69, 9.17) is 17.0 Å². The largest absolute Gasteiger partial charge is 0.508 e. The van der Waals surface area contributed by atoms with Gasteiger partial charge in [0.25, 0.3) is 0 Å². The number of rotatable bonds is 7. The van der Waals surface area contributed by atoms with Gasteiger partial charge in [-0.25, -0.2) is 0 Å². The van der Waals surface area contributed by atoms with Gasteiger partial charge < -0.3 is 24.6 Å². The Kier molecular flexibility index (Phi) is 6.57. The Hall–Kier alpha value is -2.94. The van der Waals surface area contributed by atoms with Crippen molar-refractivity contribution in [3.63, 3.8) is 0 Å². The maximum atomic E-state index is 9.74. The third kappa shape index (κ3) is 4.73. The minimum atomic E-state index is -0.0483. The highest BCUT2D eigenvalue weighted by Crippen LogP contribution is 2.39. The summed E-state index contributed by atoms with van der Waals surface area (Å²) in [7, 11) is 0. The van der Waals surface area contributed by atoms with Crippen molar-refractivity contribution in [2.75, 3.05) is 39.4 Å². The minimum absolute atomic E-state index is 0.000826. The Bertz CT molecular complexity index is 1070. The molecule has 0 bridgehead atoms. The summed E-state index contributed by atoms with van der Waals surface area (Å²) in [6, 6.07) is 17.5. The molecule has 4 heterocycles. The van der Waals surface area contributed by atoms with Crippen molar-refractivity contribution in [2.24, 2.45) is 0 Å². The number of ether oxygens (including phenoxy) is 1. The van der Waals surface area contributed by atoms with E-state index in [2.05, 4.69) is 49.1 Å². The van der Waals surface area contributed by atoms with Gasteiger partial charge in [0.1, 0.15) is 5.75 Å². The summed E-state index contributed by atoms with van der Waals surface area (Å²) in [6.45, 7) is 5.50. The molecule has 8 heteroatoms. The van der Waals surface area contributed by atoms with Crippen molar-refractivity contribution >= 4 is 17.3 Å². The zero-order valence-electron chi connectivity index (χ0n) is 18.5. The predicted molar refractivity (Wildman–Crippen MR) is 131 cm³/mol. The second kappa shape index (κ2) is 9.91. The standard InChI is InChI=1S/C25H29N5O2S/c31-20-9-7-19(8-10-20)29-13-3-6-22(29)24-23(21-5-1-2-11-26-21)27-25(33)30(24)14-4-12-28-15-17-32-18-16-28/h1-3,5-11,13,23-24,31H,4,12,14-18H2,(H,27,33)/t23-,24+/m1/s1. The van der Waals surface area contributed by atoms with E-state index in [1.807, 2.05) is 30.5 Å². The average molecular weight is 464 g/mol. The molecular formula is C25H29N5O2S. The van der Waals surface area contributed by atoms with Gasteiger partial charge in [0.05, 0.1) is 31.0 Å². The molecule has 1 aromatic carbocycles.